The van der Waals surface area contributed by atoms with Gasteiger partial charge in [0.25, 0.3) is 0 Å². The number of hydrogen-bond acceptors (Lipinski definition) is 11. The Balaban J connectivity index is 1.33. The molecule has 7 rings (SSSR count). The van der Waals surface area contributed by atoms with Gasteiger partial charge in [-0.1, -0.05) is 0 Å². The normalized spacial score (nSPS) is 14.4. The number of aromatic nitrogens is 7. The van der Waals surface area contributed by atoms with E-state index < -0.39 is 19.9 Å². The van der Waals surface area contributed by atoms with Crippen molar-refractivity contribution in [3.63, 3.8) is 0 Å². The molecule has 0 aliphatic carbocycles. The minimum atomic E-state index is -4.57. The van der Waals surface area contributed by atoms with Crippen LogP contribution in [0.3, 0.4) is 0 Å². The number of alkyl halides is 3. The first-order valence-corrected chi connectivity index (χ1v) is 18.4. The van der Waals surface area contributed by atoms with E-state index in [4.69, 9.17) is 9.72 Å². The number of hydrogen-bond donors (Lipinski definition) is 3. The van der Waals surface area contributed by atoms with Crippen LogP contribution in [0.15, 0.2) is 61.3 Å². The number of nitrogens with one attached hydrogen (secondary N) is 3. The fourth-order valence-electron chi connectivity index (χ4n) is 6.05. The van der Waals surface area contributed by atoms with Gasteiger partial charge < -0.3 is 34.7 Å². The molecule has 0 saturated carbocycles. The topological polar surface area (TPSA) is 142 Å². The first-order valence-electron chi connectivity index (χ1n) is 15.8. The van der Waals surface area contributed by atoms with Gasteiger partial charge in [-0.15, -0.1) is 0 Å². The molecule has 1 fully saturated rings. The molecule has 17 heteroatoms. The van der Waals surface area contributed by atoms with E-state index in [9.17, 15) is 17.7 Å². The van der Waals surface area contributed by atoms with E-state index in [0.717, 1.165) is 29.9 Å². The lowest BCUT2D eigenvalue weighted by molar-refractivity contribution is -0.153. The molecule has 5 heterocycles. The summed E-state index contributed by atoms with van der Waals surface area (Å²) in [5.41, 5.74) is 4.61. The van der Waals surface area contributed by atoms with E-state index in [1.165, 1.54) is 0 Å². The number of likely N-dealkylation sites (N-methyl/N-ethyl adjacent to an activating group) is 1. The van der Waals surface area contributed by atoms with Crippen molar-refractivity contribution in [1.29, 1.82) is 0 Å². The molecule has 0 amide bonds. The van der Waals surface area contributed by atoms with Crippen LogP contribution in [0, 0.1) is 0 Å². The lowest BCUT2D eigenvalue weighted by atomic mass is 10.0. The number of piperazine rings is 1. The molecule has 2 aromatic carbocycles. The number of anilines is 5. The quantitative estimate of drug-likeness (QED) is 0.159. The second kappa shape index (κ2) is 12.9. The lowest BCUT2D eigenvalue weighted by Crippen LogP contribution is -2.44. The fraction of sp³-hybridized carbons (Fsp3) is 0.303. The molecule has 0 radical (unpaired) electrons. The number of aryl methyl sites for hydroxylation is 1. The largest absolute Gasteiger partial charge is 0.482 e. The van der Waals surface area contributed by atoms with Crippen LogP contribution in [-0.2, 0) is 11.6 Å². The summed E-state index contributed by atoms with van der Waals surface area (Å²) in [6.07, 6.45) is 3.83. The van der Waals surface area contributed by atoms with Gasteiger partial charge in [0.1, 0.15) is 29.9 Å². The zero-order chi connectivity index (χ0) is 35.2. The molecular formula is C33H35F3N11O2P. The summed E-state index contributed by atoms with van der Waals surface area (Å²) < 4.78 is 61.3. The molecule has 1 aliphatic heterocycles. The number of halogens is 3. The molecule has 0 spiro atoms. The van der Waals surface area contributed by atoms with Gasteiger partial charge in [-0.25, -0.2) is 0 Å². The molecule has 50 heavy (non-hydrogen) atoms. The number of nitrogens with zero attached hydrogens (tertiary/aromatic N) is 8. The van der Waals surface area contributed by atoms with E-state index in [-0.39, 0.29) is 17.4 Å². The first kappa shape index (κ1) is 33.3. The average Bonchev–Trinajstić information content (AvgIpc) is 3.72. The van der Waals surface area contributed by atoms with Crippen LogP contribution < -0.4 is 25.6 Å². The Morgan fingerprint density at radius 1 is 0.980 bits per heavy atom. The van der Waals surface area contributed by atoms with Crippen LogP contribution in [0.5, 0.6) is 5.75 Å². The van der Waals surface area contributed by atoms with Crippen LogP contribution >= 0.6 is 7.14 Å². The Morgan fingerprint density at radius 2 is 1.76 bits per heavy atom. The Labute approximate surface area is 285 Å². The van der Waals surface area contributed by atoms with Crippen molar-refractivity contribution in [3.05, 3.63) is 61.3 Å². The number of benzene rings is 2. The SMILES string of the molecule is CN1CCN(c2cc(OCC(F)(F)F)c(Nc3nc(Nc4ccc5nccnc5c4P(C)(C)=O)c4cc[nH]c4n3)cc2-c2cnn(C)c2)CC1. The van der Waals surface area contributed by atoms with Crippen LogP contribution in [0.1, 0.15) is 0 Å². The molecule has 0 atom stereocenters. The molecular weight excluding hydrogens is 670 g/mol. The lowest BCUT2D eigenvalue weighted by Gasteiger charge is -2.35. The molecule has 0 bridgehead atoms. The monoisotopic (exact) mass is 705 g/mol. The van der Waals surface area contributed by atoms with Crippen LogP contribution in [0.2, 0.25) is 0 Å². The third-order valence-electron chi connectivity index (χ3n) is 8.42. The van der Waals surface area contributed by atoms with Crippen molar-refractivity contribution in [3.8, 4) is 16.9 Å². The van der Waals surface area contributed by atoms with E-state index in [1.54, 1.807) is 80.2 Å². The summed E-state index contributed by atoms with van der Waals surface area (Å²) in [6, 6.07) is 8.74. The van der Waals surface area contributed by atoms with Gasteiger partial charge in [0.05, 0.1) is 33.8 Å². The summed E-state index contributed by atoms with van der Waals surface area (Å²) in [5.74, 6) is 0.444. The van der Waals surface area contributed by atoms with Gasteiger partial charge in [0, 0.05) is 80.9 Å². The van der Waals surface area contributed by atoms with Crippen molar-refractivity contribution in [1.82, 2.24) is 39.6 Å². The maximum absolute atomic E-state index is 13.6. The van der Waals surface area contributed by atoms with Gasteiger partial charge in [-0.3, -0.25) is 14.6 Å². The Kier molecular flexibility index (Phi) is 8.60. The van der Waals surface area contributed by atoms with Gasteiger partial charge >= 0.3 is 6.18 Å². The maximum Gasteiger partial charge on any atom is 0.422 e. The molecule has 1 aliphatic rings. The van der Waals surface area contributed by atoms with Crippen LogP contribution in [0.4, 0.5) is 42.0 Å². The minimum Gasteiger partial charge on any atom is -0.482 e. The Morgan fingerprint density at radius 3 is 2.48 bits per heavy atom. The van der Waals surface area contributed by atoms with Crippen LogP contribution in [0.25, 0.3) is 33.2 Å². The summed E-state index contributed by atoms with van der Waals surface area (Å²) in [4.78, 5) is 25.6. The third kappa shape index (κ3) is 6.94. The molecule has 1 saturated heterocycles. The van der Waals surface area contributed by atoms with E-state index in [2.05, 4.69) is 45.5 Å². The van der Waals surface area contributed by atoms with E-state index in [0.29, 0.717) is 52.0 Å². The highest BCUT2D eigenvalue weighted by Crippen LogP contribution is 2.43. The Bertz CT molecular complexity index is 2240. The maximum atomic E-state index is 13.6. The molecule has 0 unspecified atom stereocenters. The summed E-state index contributed by atoms with van der Waals surface area (Å²) >= 11 is 0. The fourth-order valence-corrected chi connectivity index (χ4v) is 7.45. The first-order chi connectivity index (χ1) is 23.8. The van der Waals surface area contributed by atoms with Gasteiger partial charge in [0.2, 0.25) is 5.95 Å². The number of aromatic amines is 1. The highest BCUT2D eigenvalue weighted by Gasteiger charge is 2.30. The number of rotatable bonds is 9. The van der Waals surface area contributed by atoms with E-state index in [1.807, 2.05) is 13.2 Å². The van der Waals surface area contributed by atoms with Gasteiger partial charge in [-0.2, -0.15) is 28.2 Å². The standard InChI is InChI=1S/C33H35F3N11O2P/c1-45-11-13-47(14-12-45)26-16-27(49-19-33(34,35)36)25(15-22(26)20-17-40-46(2)18-20)42-32-43-30-21(7-8-39-30)31(44-32)41-24-6-5-23-28(38-10-9-37-23)29(24)50(3,4)48/h5-10,15-18H,11-14,19H2,1-4H3,(H3,39,41,42,43,44). The Hall–Kier alpha value is -5.21. The zero-order valence-electron chi connectivity index (χ0n) is 27.8. The minimum absolute atomic E-state index is 0.0121. The predicted octanol–water partition coefficient (Wildman–Crippen LogP) is 5.73. The highest BCUT2D eigenvalue weighted by molar-refractivity contribution is 7.71. The molecule has 3 N–H and O–H groups in total. The zero-order valence-corrected chi connectivity index (χ0v) is 28.7. The smallest absolute Gasteiger partial charge is 0.422 e. The molecule has 13 nitrogen and oxygen atoms in total. The molecule has 260 valence electrons. The van der Waals surface area contributed by atoms with Crippen molar-refractivity contribution in [2.24, 2.45) is 7.05 Å². The average molecular weight is 706 g/mol. The number of H-pyrrole nitrogens is 1. The van der Waals surface area contributed by atoms with Gasteiger partial charge in [0.15, 0.2) is 6.61 Å². The predicted molar refractivity (Wildman–Crippen MR) is 189 cm³/mol. The summed E-state index contributed by atoms with van der Waals surface area (Å²) in [5, 5.41) is 12.0. The van der Waals surface area contributed by atoms with Crippen molar-refractivity contribution in [2.75, 3.05) is 68.7 Å². The molecule has 6 aromatic rings. The molecule has 4 aromatic heterocycles. The highest BCUT2D eigenvalue weighted by atomic mass is 31.2. The summed E-state index contributed by atoms with van der Waals surface area (Å²) in [7, 11) is 0.951. The van der Waals surface area contributed by atoms with Crippen LogP contribution in [-0.4, -0.2) is 98.9 Å². The van der Waals surface area contributed by atoms with Gasteiger partial charge in [-0.05, 0) is 44.6 Å². The number of ether oxygens (including phenoxy) is 1. The second-order valence-electron chi connectivity index (χ2n) is 12.6. The van der Waals surface area contributed by atoms with E-state index >= 15 is 0 Å². The van der Waals surface area contributed by atoms with Crippen molar-refractivity contribution < 1.29 is 22.5 Å². The van der Waals surface area contributed by atoms with Crippen molar-refractivity contribution >= 4 is 63.3 Å². The summed E-state index contributed by atoms with van der Waals surface area (Å²) in [6.45, 7) is 4.79. The number of fused-ring (bicyclic) bond motifs is 2. The second-order valence-corrected chi connectivity index (χ2v) is 15.7. The van der Waals surface area contributed by atoms with Crippen molar-refractivity contribution in [2.45, 2.75) is 6.18 Å². The third-order valence-corrected chi connectivity index (χ3v) is 9.95.